The Balaban J connectivity index is 1.07. The maximum atomic E-state index is 9.28. The van der Waals surface area contributed by atoms with E-state index in [-0.39, 0.29) is 38.2 Å². The molecule has 0 fully saturated rings. The molecule has 0 bridgehead atoms. The van der Waals surface area contributed by atoms with Crippen LogP contribution in [-0.4, -0.2) is 0 Å². The van der Waals surface area contributed by atoms with E-state index in [1.165, 1.54) is 0 Å². The van der Waals surface area contributed by atoms with Crippen LogP contribution >= 0.6 is 0 Å². The number of furan rings is 1. The standard InChI is InChI=1S/C53H34O/c1-2-11-34(12-3-1)29-50-44-16-6-8-18-48(44)53(49-19-9-7-17-45(49)50)41-24-23-36-30-37(21-22-38(36)31-41)39-25-27-46-47-28-26-40(33-52(47)54-51(46)32-39)43-20-10-14-35-13-4-5-15-42(35)43/h1-28,30-33H,29H2/i1D,2D,3D,6D,7D,8D,9D,11D,12D,16D,17D,18D,19D. The van der Waals surface area contributed by atoms with Crippen molar-refractivity contribution in [3.05, 3.63) is 205 Å². The molecule has 0 saturated heterocycles. The van der Waals surface area contributed by atoms with Gasteiger partial charge in [-0.25, -0.2) is 0 Å². The molecule has 0 amide bonds. The molecule has 0 atom stereocenters. The van der Waals surface area contributed by atoms with Gasteiger partial charge < -0.3 is 4.42 Å². The van der Waals surface area contributed by atoms with E-state index in [4.69, 9.17) is 16.8 Å². The molecule has 11 rings (SSSR count). The summed E-state index contributed by atoms with van der Waals surface area (Å²) in [7, 11) is 0. The minimum atomic E-state index is -0.616. The minimum Gasteiger partial charge on any atom is -0.456 e. The first kappa shape index (κ1) is 20.3. The Morgan fingerprint density at radius 2 is 0.944 bits per heavy atom. The van der Waals surface area contributed by atoms with Gasteiger partial charge >= 0.3 is 0 Å². The fourth-order valence-corrected chi connectivity index (χ4v) is 7.89. The Kier molecular flexibility index (Phi) is 4.64. The smallest absolute Gasteiger partial charge is 0.136 e. The third-order valence-electron chi connectivity index (χ3n) is 10.4. The molecule has 11 aromatic rings. The zero-order valence-electron chi connectivity index (χ0n) is 41.6. The highest BCUT2D eigenvalue weighted by Gasteiger charge is 2.17. The van der Waals surface area contributed by atoms with Crippen LogP contribution < -0.4 is 0 Å². The summed E-state index contributed by atoms with van der Waals surface area (Å²) in [5.74, 6) is 0. The SMILES string of the molecule is [2H]c1c([2H])c([2H])c(Cc2c3c([2H])c([2H])c([2H])c([2H])c3c(-c3ccc4cc(-c5ccc6c(c5)oc5cc(-c7cccc8ccccc78)ccc56)ccc4c3)c3c([2H])c([2H])c([2H])c([2H])c23)c([2H])c1[2H]. The summed E-state index contributed by atoms with van der Waals surface area (Å²) in [6, 6.07) is 31.3. The lowest BCUT2D eigenvalue weighted by molar-refractivity contribution is 0.669. The third kappa shape index (κ3) is 5.01. The fraction of sp³-hybridized carbons (Fsp3) is 0.0189. The van der Waals surface area contributed by atoms with E-state index in [1.807, 2.05) is 48.5 Å². The van der Waals surface area contributed by atoms with Crippen molar-refractivity contribution in [2.45, 2.75) is 6.42 Å². The van der Waals surface area contributed by atoms with Crippen LogP contribution in [-0.2, 0) is 6.42 Å². The zero-order valence-corrected chi connectivity index (χ0v) is 28.6. The molecule has 0 aliphatic rings. The third-order valence-corrected chi connectivity index (χ3v) is 10.4. The summed E-state index contributed by atoms with van der Waals surface area (Å²) in [6.45, 7) is 0. The fourth-order valence-electron chi connectivity index (χ4n) is 7.89. The van der Waals surface area contributed by atoms with Crippen molar-refractivity contribution in [3.63, 3.8) is 0 Å². The van der Waals surface area contributed by atoms with Gasteiger partial charge in [0.15, 0.2) is 0 Å². The van der Waals surface area contributed by atoms with Crippen LogP contribution in [0.15, 0.2) is 198 Å². The Bertz CT molecular complexity index is 3890. The maximum absolute atomic E-state index is 9.28. The molecule has 1 heterocycles. The number of fused-ring (bicyclic) bond motifs is 7. The van der Waals surface area contributed by atoms with Crippen molar-refractivity contribution in [3.8, 4) is 33.4 Å². The predicted octanol–water partition coefficient (Wildman–Crippen LogP) is 14.8. The van der Waals surface area contributed by atoms with E-state index in [1.54, 1.807) is 6.07 Å². The average Bonchev–Trinajstić information content (AvgIpc) is 3.72. The minimum absolute atomic E-state index is 0.0108. The van der Waals surface area contributed by atoms with Crippen LogP contribution in [0, 0.1) is 0 Å². The van der Waals surface area contributed by atoms with Crippen LogP contribution in [0.3, 0.4) is 0 Å². The van der Waals surface area contributed by atoms with E-state index in [0.717, 1.165) is 65.7 Å². The lowest BCUT2D eigenvalue weighted by Gasteiger charge is -2.18. The molecular formula is C53H34O. The Morgan fingerprint density at radius 3 is 1.69 bits per heavy atom. The number of hydrogen-bond acceptors (Lipinski definition) is 1. The highest BCUT2D eigenvalue weighted by Crippen LogP contribution is 2.42. The number of benzene rings is 10. The van der Waals surface area contributed by atoms with Gasteiger partial charge in [-0.3, -0.25) is 0 Å². The van der Waals surface area contributed by atoms with Crippen LogP contribution in [0.25, 0.3) is 98.4 Å². The molecule has 252 valence electrons. The summed E-state index contributed by atoms with van der Waals surface area (Å²) in [5, 5.41) is 5.71. The topological polar surface area (TPSA) is 13.1 Å². The van der Waals surface area contributed by atoms with Crippen LogP contribution in [0.4, 0.5) is 0 Å². The van der Waals surface area contributed by atoms with E-state index in [0.29, 0.717) is 5.56 Å². The first-order valence-electron chi connectivity index (χ1n) is 24.1. The molecule has 1 nitrogen and oxygen atoms in total. The van der Waals surface area contributed by atoms with Crippen molar-refractivity contribution in [2.75, 3.05) is 0 Å². The second kappa shape index (κ2) is 12.3. The Labute approximate surface area is 331 Å². The predicted molar refractivity (Wildman–Crippen MR) is 229 cm³/mol. The normalized spacial score (nSPS) is 15.1. The number of hydrogen-bond donors (Lipinski definition) is 0. The second-order valence-electron chi connectivity index (χ2n) is 13.5. The van der Waals surface area contributed by atoms with Gasteiger partial charge in [0.05, 0.1) is 17.8 Å². The quantitative estimate of drug-likeness (QED) is 0.163. The first-order valence-corrected chi connectivity index (χ1v) is 17.6. The maximum Gasteiger partial charge on any atom is 0.136 e. The van der Waals surface area contributed by atoms with Crippen molar-refractivity contribution in [1.29, 1.82) is 0 Å². The summed E-state index contributed by atoms with van der Waals surface area (Å²) in [5.41, 5.74) is 5.91. The largest absolute Gasteiger partial charge is 0.456 e. The van der Waals surface area contributed by atoms with Gasteiger partial charge in [0, 0.05) is 10.8 Å². The van der Waals surface area contributed by atoms with E-state index < -0.39 is 85.0 Å². The Hall–Kier alpha value is -6.96. The van der Waals surface area contributed by atoms with Crippen LogP contribution in [0.1, 0.15) is 28.9 Å². The van der Waals surface area contributed by atoms with E-state index in [9.17, 15) is 5.48 Å². The molecule has 0 saturated carbocycles. The summed E-state index contributed by atoms with van der Waals surface area (Å²) in [4.78, 5) is 0. The van der Waals surface area contributed by atoms with Gasteiger partial charge in [0.1, 0.15) is 11.2 Å². The highest BCUT2D eigenvalue weighted by atomic mass is 16.3. The highest BCUT2D eigenvalue weighted by molar-refractivity contribution is 6.16. The summed E-state index contributed by atoms with van der Waals surface area (Å²) >= 11 is 0. The van der Waals surface area contributed by atoms with Crippen molar-refractivity contribution < 1.29 is 22.2 Å². The molecule has 0 aliphatic heterocycles. The second-order valence-corrected chi connectivity index (χ2v) is 13.5. The summed E-state index contributed by atoms with van der Waals surface area (Å²) < 4.78 is 121. The lowest BCUT2D eigenvalue weighted by atomic mass is 9.86. The molecule has 0 aliphatic carbocycles. The molecule has 10 aromatic carbocycles. The van der Waals surface area contributed by atoms with E-state index >= 15 is 0 Å². The zero-order chi connectivity index (χ0) is 46.9. The van der Waals surface area contributed by atoms with Crippen molar-refractivity contribution in [1.82, 2.24) is 0 Å². The average molecular weight is 700 g/mol. The first-order chi connectivity index (χ1) is 32.1. The van der Waals surface area contributed by atoms with Gasteiger partial charge in [-0.15, -0.1) is 0 Å². The van der Waals surface area contributed by atoms with Crippen molar-refractivity contribution >= 4 is 65.0 Å². The molecule has 1 aromatic heterocycles. The van der Waals surface area contributed by atoms with Gasteiger partial charge in [-0.05, 0) is 130 Å². The van der Waals surface area contributed by atoms with Crippen molar-refractivity contribution in [2.24, 2.45) is 0 Å². The Morgan fingerprint density at radius 1 is 0.389 bits per heavy atom. The monoisotopic (exact) mass is 699 g/mol. The molecule has 1 heteroatoms. The van der Waals surface area contributed by atoms with Crippen LogP contribution in [0.5, 0.6) is 0 Å². The van der Waals surface area contributed by atoms with Crippen LogP contribution in [0.2, 0.25) is 0 Å². The lowest BCUT2D eigenvalue weighted by Crippen LogP contribution is -1.95. The molecular weight excluding hydrogens is 653 g/mol. The molecule has 0 radical (unpaired) electrons. The molecule has 54 heavy (non-hydrogen) atoms. The molecule has 0 N–H and O–H groups in total. The molecule has 0 spiro atoms. The summed E-state index contributed by atoms with van der Waals surface area (Å²) in [6.07, 6.45) is -0.486. The van der Waals surface area contributed by atoms with Gasteiger partial charge in [-0.1, -0.05) is 157 Å². The molecule has 0 unspecified atom stereocenters. The van der Waals surface area contributed by atoms with Gasteiger partial charge in [-0.2, -0.15) is 0 Å². The number of rotatable bonds is 5. The van der Waals surface area contributed by atoms with Gasteiger partial charge in [0.2, 0.25) is 0 Å². The van der Waals surface area contributed by atoms with Gasteiger partial charge in [0.25, 0.3) is 0 Å². The van der Waals surface area contributed by atoms with E-state index in [2.05, 4.69) is 60.7 Å².